The van der Waals surface area contributed by atoms with E-state index in [0.29, 0.717) is 5.56 Å². The first-order valence-electron chi connectivity index (χ1n) is 7.45. The first-order chi connectivity index (χ1) is 11.5. The van der Waals surface area contributed by atoms with Gasteiger partial charge >= 0.3 is 0 Å². The molecule has 3 rings (SSSR count). The molecular formula is C17H17N3O3S. The summed E-state index contributed by atoms with van der Waals surface area (Å²) in [6.45, 7) is 1.95. The average molecular weight is 343 g/mol. The van der Waals surface area contributed by atoms with Crippen LogP contribution in [0.3, 0.4) is 0 Å². The van der Waals surface area contributed by atoms with Crippen molar-refractivity contribution >= 4 is 22.1 Å². The minimum absolute atomic E-state index is 0.144. The summed E-state index contributed by atoms with van der Waals surface area (Å²) >= 11 is 0. The normalized spacial score (nSPS) is 15.3. The van der Waals surface area contributed by atoms with Crippen LogP contribution in [0, 0.1) is 6.92 Å². The van der Waals surface area contributed by atoms with Crippen molar-refractivity contribution in [3.05, 3.63) is 65.2 Å². The van der Waals surface area contributed by atoms with Gasteiger partial charge < -0.3 is 5.11 Å². The van der Waals surface area contributed by atoms with Gasteiger partial charge in [-0.1, -0.05) is 42.0 Å². The number of sulfonamides is 1. The van der Waals surface area contributed by atoms with Crippen LogP contribution in [0.5, 0.6) is 0 Å². The number of amidine groups is 1. The zero-order valence-electron chi connectivity index (χ0n) is 13.1. The fourth-order valence-electron chi connectivity index (χ4n) is 2.47. The number of aryl methyl sites for hydroxylation is 1. The second-order valence-electron chi connectivity index (χ2n) is 5.39. The Hall–Kier alpha value is -2.51. The first kappa shape index (κ1) is 16.4. The molecule has 0 saturated heterocycles. The lowest BCUT2D eigenvalue weighted by Gasteiger charge is -2.17. The topological polar surface area (TPSA) is 82.3 Å². The second kappa shape index (κ2) is 6.54. The van der Waals surface area contributed by atoms with Crippen molar-refractivity contribution in [2.75, 3.05) is 13.2 Å². The highest BCUT2D eigenvalue weighted by Gasteiger charge is 2.31. The van der Waals surface area contributed by atoms with Gasteiger partial charge in [-0.15, -0.1) is 4.40 Å². The molecule has 0 saturated carbocycles. The quantitative estimate of drug-likeness (QED) is 0.677. The van der Waals surface area contributed by atoms with Crippen LogP contribution < -0.4 is 0 Å². The second-order valence-corrected chi connectivity index (χ2v) is 6.96. The molecule has 0 aromatic heterocycles. The molecule has 6 nitrogen and oxygen atoms in total. The minimum atomic E-state index is -3.72. The molecule has 7 heteroatoms. The van der Waals surface area contributed by atoms with Crippen molar-refractivity contribution in [3.8, 4) is 0 Å². The number of aliphatic hydroxyl groups is 1. The molecule has 124 valence electrons. The van der Waals surface area contributed by atoms with Gasteiger partial charge in [-0.2, -0.15) is 13.5 Å². The molecule has 1 aliphatic rings. The summed E-state index contributed by atoms with van der Waals surface area (Å²) in [4.78, 5) is 0.161. The summed E-state index contributed by atoms with van der Waals surface area (Å²) in [7, 11) is -3.72. The third-order valence-corrected chi connectivity index (χ3v) is 4.88. The van der Waals surface area contributed by atoms with Crippen molar-refractivity contribution < 1.29 is 13.5 Å². The Morgan fingerprint density at radius 3 is 2.75 bits per heavy atom. The Morgan fingerprint density at radius 2 is 2.00 bits per heavy atom. The summed E-state index contributed by atoms with van der Waals surface area (Å²) in [6.07, 6.45) is 1.62. The van der Waals surface area contributed by atoms with Crippen LogP contribution in [0.25, 0.3) is 0 Å². The first-order valence-corrected chi connectivity index (χ1v) is 8.89. The monoisotopic (exact) mass is 343 g/mol. The zero-order valence-corrected chi connectivity index (χ0v) is 13.9. The fourth-order valence-corrected chi connectivity index (χ4v) is 3.68. The van der Waals surface area contributed by atoms with Gasteiger partial charge in [0.25, 0.3) is 10.0 Å². The SMILES string of the molecule is Cc1cccc(C=NN(CCO)C2=NS(=O)(=O)c3ccccc32)c1. The van der Waals surface area contributed by atoms with E-state index in [1.54, 1.807) is 24.4 Å². The largest absolute Gasteiger partial charge is 0.394 e. The molecule has 0 fully saturated rings. The lowest BCUT2D eigenvalue weighted by molar-refractivity contribution is 0.254. The van der Waals surface area contributed by atoms with Crippen molar-refractivity contribution in [3.63, 3.8) is 0 Å². The molecule has 0 aliphatic carbocycles. The maximum absolute atomic E-state index is 12.2. The third-order valence-electron chi connectivity index (χ3n) is 3.56. The van der Waals surface area contributed by atoms with Gasteiger partial charge in [0.1, 0.15) is 4.90 Å². The van der Waals surface area contributed by atoms with Crippen molar-refractivity contribution in [1.29, 1.82) is 0 Å². The molecule has 1 N–H and O–H groups in total. The van der Waals surface area contributed by atoms with E-state index in [9.17, 15) is 13.5 Å². The number of rotatable bonds is 4. The molecule has 24 heavy (non-hydrogen) atoms. The predicted molar refractivity (Wildman–Crippen MR) is 92.7 cm³/mol. The Bertz CT molecular complexity index is 920. The Morgan fingerprint density at radius 1 is 1.21 bits per heavy atom. The van der Waals surface area contributed by atoms with Gasteiger partial charge in [-0.05, 0) is 24.6 Å². The van der Waals surface area contributed by atoms with Crippen LogP contribution in [0.15, 0.2) is 62.9 Å². The molecule has 1 heterocycles. The van der Waals surface area contributed by atoms with Gasteiger partial charge in [0.15, 0.2) is 5.84 Å². The van der Waals surface area contributed by atoms with Gasteiger partial charge in [-0.3, -0.25) is 0 Å². The van der Waals surface area contributed by atoms with E-state index in [-0.39, 0.29) is 23.9 Å². The summed E-state index contributed by atoms with van der Waals surface area (Å²) in [5.74, 6) is 0.226. The average Bonchev–Trinajstić information content (AvgIpc) is 2.83. The van der Waals surface area contributed by atoms with E-state index in [1.165, 1.54) is 11.1 Å². The third kappa shape index (κ3) is 3.22. The van der Waals surface area contributed by atoms with E-state index < -0.39 is 10.0 Å². The lowest BCUT2D eigenvalue weighted by atomic mass is 10.1. The van der Waals surface area contributed by atoms with Crippen molar-refractivity contribution in [2.24, 2.45) is 9.50 Å². The van der Waals surface area contributed by atoms with E-state index in [4.69, 9.17) is 0 Å². The van der Waals surface area contributed by atoms with Gasteiger partial charge in [0, 0.05) is 5.56 Å². The van der Waals surface area contributed by atoms with Crippen LogP contribution in [0.2, 0.25) is 0 Å². The molecule has 0 bridgehead atoms. The van der Waals surface area contributed by atoms with Crippen LogP contribution in [-0.4, -0.2) is 43.7 Å². The summed E-state index contributed by atoms with van der Waals surface area (Å²) in [6, 6.07) is 14.4. The number of hydrogen-bond acceptors (Lipinski definition) is 5. The Balaban J connectivity index is 1.98. The number of benzene rings is 2. The highest BCUT2D eigenvalue weighted by atomic mass is 32.2. The smallest absolute Gasteiger partial charge is 0.285 e. The van der Waals surface area contributed by atoms with Gasteiger partial charge in [-0.25, -0.2) is 5.01 Å². The summed E-state index contributed by atoms with van der Waals surface area (Å²) in [5.41, 5.74) is 2.47. The van der Waals surface area contributed by atoms with Crippen LogP contribution in [0.1, 0.15) is 16.7 Å². The highest BCUT2D eigenvalue weighted by Crippen LogP contribution is 2.27. The molecule has 0 amide bonds. The predicted octanol–water partition coefficient (Wildman–Crippen LogP) is 1.77. The van der Waals surface area contributed by atoms with E-state index >= 15 is 0 Å². The van der Waals surface area contributed by atoms with Crippen LogP contribution in [-0.2, 0) is 10.0 Å². The van der Waals surface area contributed by atoms with E-state index in [2.05, 4.69) is 9.50 Å². The zero-order chi connectivity index (χ0) is 17.2. The molecule has 2 aromatic carbocycles. The minimum Gasteiger partial charge on any atom is -0.394 e. The highest BCUT2D eigenvalue weighted by molar-refractivity contribution is 7.90. The van der Waals surface area contributed by atoms with Gasteiger partial charge in [0.05, 0.1) is 19.4 Å². The van der Waals surface area contributed by atoms with Crippen LogP contribution >= 0.6 is 0 Å². The maximum atomic E-state index is 12.2. The number of hydrogen-bond donors (Lipinski definition) is 1. The summed E-state index contributed by atoms with van der Waals surface area (Å²) < 4.78 is 28.2. The lowest BCUT2D eigenvalue weighted by Crippen LogP contribution is -2.28. The molecule has 2 aromatic rings. The van der Waals surface area contributed by atoms with Crippen molar-refractivity contribution in [1.82, 2.24) is 5.01 Å². The standard InChI is InChI=1S/C17H17N3O3S/c1-13-5-4-6-14(11-13)12-18-20(9-10-21)17-15-7-2-3-8-16(15)24(22,23)19-17/h2-8,11-12,21H,9-10H2,1H3. The number of nitrogens with zero attached hydrogens (tertiary/aromatic N) is 3. The Labute approximate surface area is 140 Å². The fraction of sp³-hybridized carbons (Fsp3) is 0.176. The molecule has 1 aliphatic heterocycles. The maximum Gasteiger partial charge on any atom is 0.285 e. The number of fused-ring (bicyclic) bond motifs is 1. The summed E-state index contributed by atoms with van der Waals surface area (Å²) in [5, 5.41) is 15.0. The molecule has 0 spiro atoms. The van der Waals surface area contributed by atoms with Gasteiger partial charge in [0.2, 0.25) is 0 Å². The van der Waals surface area contributed by atoms with Crippen molar-refractivity contribution in [2.45, 2.75) is 11.8 Å². The number of hydrazone groups is 1. The van der Waals surface area contributed by atoms with Crippen LogP contribution in [0.4, 0.5) is 0 Å². The van der Waals surface area contributed by atoms with E-state index in [0.717, 1.165) is 11.1 Å². The molecule has 0 unspecified atom stereocenters. The van der Waals surface area contributed by atoms with E-state index in [1.807, 2.05) is 31.2 Å². The molecule has 0 radical (unpaired) electrons. The molecule has 0 atom stereocenters. The molecular weight excluding hydrogens is 326 g/mol. The number of aliphatic hydroxyl groups excluding tert-OH is 1. The Kier molecular flexibility index (Phi) is 4.46.